The Morgan fingerprint density at radius 3 is 2.61 bits per heavy atom. The molecule has 0 unspecified atom stereocenters. The van der Waals surface area contributed by atoms with Crippen LogP contribution in [0.25, 0.3) is 6.08 Å². The van der Waals surface area contributed by atoms with E-state index in [-0.39, 0.29) is 18.0 Å². The molecule has 0 fully saturated rings. The van der Waals surface area contributed by atoms with Gasteiger partial charge in [-0.3, -0.25) is 4.79 Å². The second kappa shape index (κ2) is 10.2. The van der Waals surface area contributed by atoms with Gasteiger partial charge in [-0.1, -0.05) is 72.0 Å². The van der Waals surface area contributed by atoms with E-state index >= 15 is 0 Å². The second-order valence-corrected chi connectivity index (χ2v) is 9.61. The number of ketones is 1. The largest absolute Gasteiger partial charge is 0.487 e. The Morgan fingerprint density at radius 1 is 1.08 bits per heavy atom. The summed E-state index contributed by atoms with van der Waals surface area (Å²) in [5.74, 6) is 1.12. The van der Waals surface area contributed by atoms with Gasteiger partial charge in [-0.15, -0.1) is 5.10 Å². The third kappa shape index (κ3) is 5.71. The molecule has 36 heavy (non-hydrogen) atoms. The van der Waals surface area contributed by atoms with Gasteiger partial charge in [0.2, 0.25) is 0 Å². The van der Waals surface area contributed by atoms with Crippen molar-refractivity contribution in [2.24, 2.45) is 0 Å². The Balaban J connectivity index is 1.37. The van der Waals surface area contributed by atoms with Gasteiger partial charge < -0.3 is 9.47 Å². The Labute approximate surface area is 211 Å². The Bertz CT molecular complexity index is 1380. The normalized spacial score (nSPS) is 14.3. The molecule has 4 aromatic rings. The first-order valence-electron chi connectivity index (χ1n) is 12.1. The van der Waals surface area contributed by atoms with E-state index in [0.29, 0.717) is 23.6 Å². The molecule has 0 bridgehead atoms. The molecule has 0 radical (unpaired) electrons. The fraction of sp³-hybridized carbons (Fsp3) is 0.233. The molecule has 182 valence electrons. The highest BCUT2D eigenvalue weighted by molar-refractivity contribution is 6.09. The summed E-state index contributed by atoms with van der Waals surface area (Å²) in [6.45, 7) is 4.97. The first-order chi connectivity index (χ1) is 17.4. The number of ether oxygens (including phenoxy) is 2. The zero-order chi connectivity index (χ0) is 25.0. The molecular formula is C30H29N3O3. The van der Waals surface area contributed by atoms with Crippen molar-refractivity contribution in [1.82, 2.24) is 15.0 Å². The van der Waals surface area contributed by atoms with Crippen LogP contribution < -0.4 is 9.47 Å². The zero-order valence-electron chi connectivity index (χ0n) is 20.6. The SMILES string of the molecule is CC1(C)CCc2cc(C(=O)/C=C/c3ccccc3)c(OCc3cn(Cc4ccccc4)nn3)cc2O1. The number of aryl methyl sites for hydroxylation is 1. The summed E-state index contributed by atoms with van der Waals surface area (Å²) in [5.41, 5.74) is 4.06. The van der Waals surface area contributed by atoms with Gasteiger partial charge in [0.1, 0.15) is 29.4 Å². The lowest BCUT2D eigenvalue weighted by molar-refractivity contribution is 0.0840. The van der Waals surface area contributed by atoms with Gasteiger partial charge in [0.15, 0.2) is 5.78 Å². The average Bonchev–Trinajstić information content (AvgIpc) is 3.33. The Morgan fingerprint density at radius 2 is 1.83 bits per heavy atom. The first kappa shape index (κ1) is 23.5. The molecule has 0 amide bonds. The summed E-state index contributed by atoms with van der Waals surface area (Å²) in [4.78, 5) is 13.2. The average molecular weight is 480 g/mol. The summed E-state index contributed by atoms with van der Waals surface area (Å²) in [5, 5.41) is 8.46. The van der Waals surface area contributed by atoms with Gasteiger partial charge in [-0.05, 0) is 55.5 Å². The first-order valence-corrected chi connectivity index (χ1v) is 12.1. The van der Waals surface area contributed by atoms with E-state index in [1.54, 1.807) is 10.8 Å². The smallest absolute Gasteiger partial charge is 0.189 e. The van der Waals surface area contributed by atoms with Crippen LogP contribution >= 0.6 is 0 Å². The van der Waals surface area contributed by atoms with E-state index in [4.69, 9.17) is 9.47 Å². The number of aromatic nitrogens is 3. The predicted octanol–water partition coefficient (Wildman–Crippen LogP) is 5.91. The molecule has 1 aliphatic rings. The van der Waals surface area contributed by atoms with Crippen LogP contribution in [0.2, 0.25) is 0 Å². The third-order valence-electron chi connectivity index (χ3n) is 6.19. The summed E-state index contributed by atoms with van der Waals surface area (Å²) in [7, 11) is 0. The lowest BCUT2D eigenvalue weighted by atomic mass is 9.92. The van der Waals surface area contributed by atoms with Gasteiger partial charge in [-0.25, -0.2) is 4.68 Å². The van der Waals surface area contributed by atoms with E-state index in [9.17, 15) is 4.79 Å². The number of rotatable bonds is 8. The van der Waals surface area contributed by atoms with Crippen molar-refractivity contribution in [3.63, 3.8) is 0 Å². The fourth-order valence-electron chi connectivity index (χ4n) is 4.22. The number of benzene rings is 3. The van der Waals surface area contributed by atoms with Gasteiger partial charge >= 0.3 is 0 Å². The molecule has 0 saturated carbocycles. The van der Waals surface area contributed by atoms with Crippen molar-refractivity contribution in [2.45, 2.75) is 45.4 Å². The van der Waals surface area contributed by atoms with Crippen molar-refractivity contribution in [2.75, 3.05) is 0 Å². The lowest BCUT2D eigenvalue weighted by Gasteiger charge is -2.33. The fourth-order valence-corrected chi connectivity index (χ4v) is 4.22. The van der Waals surface area contributed by atoms with Crippen LogP contribution in [-0.4, -0.2) is 26.4 Å². The van der Waals surface area contributed by atoms with E-state index in [1.807, 2.05) is 85.1 Å². The predicted molar refractivity (Wildman–Crippen MR) is 139 cm³/mol. The van der Waals surface area contributed by atoms with Crippen molar-refractivity contribution in [1.29, 1.82) is 0 Å². The monoisotopic (exact) mass is 479 g/mol. The molecule has 0 aliphatic carbocycles. The second-order valence-electron chi connectivity index (χ2n) is 9.61. The topological polar surface area (TPSA) is 66.2 Å². The highest BCUT2D eigenvalue weighted by atomic mass is 16.5. The summed E-state index contributed by atoms with van der Waals surface area (Å²) in [6, 6.07) is 23.6. The maximum Gasteiger partial charge on any atom is 0.189 e. The van der Waals surface area contributed by atoms with Crippen LogP contribution in [-0.2, 0) is 19.6 Å². The summed E-state index contributed by atoms with van der Waals surface area (Å²) in [6.07, 6.45) is 7.01. The van der Waals surface area contributed by atoms with Gasteiger partial charge in [-0.2, -0.15) is 0 Å². The van der Waals surface area contributed by atoms with E-state index in [2.05, 4.69) is 24.2 Å². The molecule has 6 heteroatoms. The molecule has 3 aromatic carbocycles. The molecule has 0 spiro atoms. The number of allylic oxidation sites excluding steroid dienone is 1. The van der Waals surface area contributed by atoms with Crippen molar-refractivity contribution < 1.29 is 14.3 Å². The maximum atomic E-state index is 13.2. The molecule has 0 N–H and O–H groups in total. The molecule has 1 aromatic heterocycles. The highest BCUT2D eigenvalue weighted by Gasteiger charge is 2.28. The minimum atomic E-state index is -0.261. The molecule has 0 atom stereocenters. The number of carbonyl (C=O) groups is 1. The van der Waals surface area contributed by atoms with E-state index in [1.165, 1.54) is 0 Å². The summed E-state index contributed by atoms with van der Waals surface area (Å²) < 4.78 is 14.1. The Hall–Kier alpha value is -4.19. The molecule has 6 nitrogen and oxygen atoms in total. The summed E-state index contributed by atoms with van der Waals surface area (Å²) >= 11 is 0. The van der Waals surface area contributed by atoms with Gasteiger partial charge in [0, 0.05) is 6.07 Å². The minimum absolute atomic E-state index is 0.116. The number of hydrogen-bond acceptors (Lipinski definition) is 5. The quantitative estimate of drug-likeness (QED) is 0.232. The molecular weight excluding hydrogens is 450 g/mol. The van der Waals surface area contributed by atoms with Crippen molar-refractivity contribution in [3.8, 4) is 11.5 Å². The van der Waals surface area contributed by atoms with Crippen LogP contribution in [0.15, 0.2) is 85.1 Å². The molecule has 1 aliphatic heterocycles. The molecule has 2 heterocycles. The van der Waals surface area contributed by atoms with Crippen LogP contribution in [0.3, 0.4) is 0 Å². The number of fused-ring (bicyclic) bond motifs is 1. The third-order valence-corrected chi connectivity index (χ3v) is 6.19. The highest BCUT2D eigenvalue weighted by Crippen LogP contribution is 2.38. The lowest BCUT2D eigenvalue weighted by Crippen LogP contribution is -2.32. The van der Waals surface area contributed by atoms with Gasteiger partial charge in [0.25, 0.3) is 0 Å². The van der Waals surface area contributed by atoms with Crippen LogP contribution in [0.1, 0.15) is 53.0 Å². The number of hydrogen-bond donors (Lipinski definition) is 0. The minimum Gasteiger partial charge on any atom is -0.487 e. The number of carbonyl (C=O) groups excluding carboxylic acids is 1. The molecule has 0 saturated heterocycles. The number of nitrogens with zero attached hydrogens (tertiary/aromatic N) is 3. The van der Waals surface area contributed by atoms with Crippen molar-refractivity contribution in [3.05, 3.63) is 113 Å². The maximum absolute atomic E-state index is 13.2. The van der Waals surface area contributed by atoms with Crippen LogP contribution in [0.5, 0.6) is 11.5 Å². The standard InChI is InChI=1S/C30H29N3O3/c1-30(2)16-15-24-17-26(27(34)14-13-22-9-5-3-6-10-22)29(18-28(24)36-30)35-21-25-20-33(32-31-25)19-23-11-7-4-8-12-23/h3-14,17-18,20H,15-16,19,21H2,1-2H3/b14-13+. The van der Waals surface area contributed by atoms with E-state index < -0.39 is 0 Å². The van der Waals surface area contributed by atoms with E-state index in [0.717, 1.165) is 35.3 Å². The van der Waals surface area contributed by atoms with Crippen molar-refractivity contribution >= 4 is 11.9 Å². The molecule has 5 rings (SSSR count). The van der Waals surface area contributed by atoms with Crippen LogP contribution in [0.4, 0.5) is 0 Å². The zero-order valence-corrected chi connectivity index (χ0v) is 20.6. The van der Waals surface area contributed by atoms with Crippen LogP contribution in [0, 0.1) is 0 Å². The Kier molecular flexibility index (Phi) is 6.67. The van der Waals surface area contributed by atoms with Gasteiger partial charge in [0.05, 0.1) is 18.3 Å².